The number of unbranched alkanes of at least 4 members (excludes halogenated alkanes) is 9. The van der Waals surface area contributed by atoms with Crippen LogP contribution in [0.5, 0.6) is 0 Å². The van der Waals surface area contributed by atoms with Gasteiger partial charge in [-0.05, 0) is 103 Å². The fraction of sp³-hybridized carbons (Fsp3) is 1.00. The van der Waals surface area contributed by atoms with E-state index >= 15 is 0 Å². The van der Waals surface area contributed by atoms with Crippen molar-refractivity contribution in [3.05, 3.63) is 0 Å². The molecule has 0 aliphatic carbocycles. The molecule has 0 radical (unpaired) electrons. The van der Waals surface area contributed by atoms with E-state index in [1.807, 2.05) is 0 Å². The van der Waals surface area contributed by atoms with Gasteiger partial charge in [-0.3, -0.25) is 0 Å². The molecular weight excluding hydrogens is 402 g/mol. The van der Waals surface area contributed by atoms with Crippen LogP contribution in [-0.2, 0) is 0 Å². The second-order valence-corrected chi connectivity index (χ2v) is 11.6. The zero-order chi connectivity index (χ0) is 23.9. The maximum Gasteiger partial charge on any atom is 0.0129 e. The van der Waals surface area contributed by atoms with Gasteiger partial charge in [0.2, 0.25) is 0 Å². The van der Waals surface area contributed by atoms with Crippen LogP contribution in [0.1, 0.15) is 117 Å². The molecule has 2 rings (SSSR count). The fourth-order valence-electron chi connectivity index (χ4n) is 6.99. The molecule has 2 fully saturated rings. The minimum atomic E-state index is 0.816. The van der Waals surface area contributed by atoms with Crippen LogP contribution in [0.3, 0.4) is 0 Å². The first-order valence-corrected chi connectivity index (χ1v) is 15.2. The molecule has 0 aromatic carbocycles. The number of hydrogen-bond acceptors (Lipinski definition) is 3. The molecular formula is C30H61N3. The van der Waals surface area contributed by atoms with E-state index in [1.165, 1.54) is 136 Å². The van der Waals surface area contributed by atoms with Crippen molar-refractivity contribution in [1.29, 1.82) is 0 Å². The summed E-state index contributed by atoms with van der Waals surface area (Å²) in [7, 11) is 4.65. The maximum atomic E-state index is 2.87. The van der Waals surface area contributed by atoms with E-state index in [-0.39, 0.29) is 0 Å². The fourth-order valence-corrected chi connectivity index (χ4v) is 6.99. The number of nitrogens with zero attached hydrogens (tertiary/aromatic N) is 3. The normalized spacial score (nSPS) is 20.8. The van der Waals surface area contributed by atoms with E-state index in [9.17, 15) is 0 Å². The lowest BCUT2D eigenvalue weighted by molar-refractivity contribution is 0.0175. The van der Waals surface area contributed by atoms with E-state index in [4.69, 9.17) is 0 Å². The second kappa shape index (κ2) is 17.3. The Balaban J connectivity index is 1.91. The van der Waals surface area contributed by atoms with Gasteiger partial charge < -0.3 is 14.7 Å². The third-order valence-corrected chi connectivity index (χ3v) is 9.19. The minimum absolute atomic E-state index is 0.816. The Kier molecular flexibility index (Phi) is 15.3. The summed E-state index contributed by atoms with van der Waals surface area (Å²) >= 11 is 0. The SMILES string of the molecule is CCCCCCCCCCCCC(C(C1CCN(C)CC1)C1CCN(C)CC1)N(CC)CC. The third kappa shape index (κ3) is 10.6. The third-order valence-electron chi connectivity index (χ3n) is 9.19. The van der Waals surface area contributed by atoms with Crippen LogP contribution in [-0.4, -0.2) is 74.1 Å². The lowest BCUT2D eigenvalue weighted by Crippen LogP contribution is -2.50. The first-order valence-electron chi connectivity index (χ1n) is 15.2. The van der Waals surface area contributed by atoms with Crippen molar-refractivity contribution < 1.29 is 0 Å². The van der Waals surface area contributed by atoms with Crippen LogP contribution in [0, 0.1) is 17.8 Å². The Bertz CT molecular complexity index is 425. The van der Waals surface area contributed by atoms with Crippen molar-refractivity contribution in [2.45, 2.75) is 123 Å². The van der Waals surface area contributed by atoms with Gasteiger partial charge in [-0.2, -0.15) is 0 Å². The summed E-state index contributed by atoms with van der Waals surface area (Å²) < 4.78 is 0. The first-order chi connectivity index (χ1) is 16.1. The summed E-state index contributed by atoms with van der Waals surface area (Å²) in [6.45, 7) is 14.9. The van der Waals surface area contributed by atoms with Crippen LogP contribution < -0.4 is 0 Å². The van der Waals surface area contributed by atoms with Gasteiger partial charge in [-0.1, -0.05) is 85.0 Å². The molecule has 3 nitrogen and oxygen atoms in total. The van der Waals surface area contributed by atoms with Crippen molar-refractivity contribution >= 4 is 0 Å². The molecule has 33 heavy (non-hydrogen) atoms. The van der Waals surface area contributed by atoms with Crippen molar-refractivity contribution in [3.8, 4) is 0 Å². The zero-order valence-corrected chi connectivity index (χ0v) is 23.5. The summed E-state index contributed by atoms with van der Waals surface area (Å²) in [5, 5.41) is 0. The van der Waals surface area contributed by atoms with Gasteiger partial charge in [0.25, 0.3) is 0 Å². The standard InChI is InChI=1S/C30H61N3/c1-6-9-10-11-12-13-14-15-16-17-18-29(33(7-2)8-3)30(27-19-23-31(4)24-20-27)28-21-25-32(5)26-22-28/h27-30H,6-26H2,1-5H3. The topological polar surface area (TPSA) is 9.72 Å². The summed E-state index contributed by atoms with van der Waals surface area (Å²) in [6, 6.07) is 0.816. The van der Waals surface area contributed by atoms with Gasteiger partial charge in [0.1, 0.15) is 0 Å². The molecule has 0 aromatic heterocycles. The van der Waals surface area contributed by atoms with Crippen molar-refractivity contribution in [1.82, 2.24) is 14.7 Å². The lowest BCUT2D eigenvalue weighted by atomic mass is 9.68. The maximum absolute atomic E-state index is 2.87. The minimum Gasteiger partial charge on any atom is -0.306 e. The Morgan fingerprint density at radius 3 is 1.39 bits per heavy atom. The molecule has 196 valence electrons. The number of piperidine rings is 2. The molecule has 0 saturated carbocycles. The lowest BCUT2D eigenvalue weighted by Gasteiger charge is -2.48. The quantitative estimate of drug-likeness (QED) is 0.209. The predicted molar refractivity (Wildman–Crippen MR) is 147 cm³/mol. The molecule has 0 amide bonds. The van der Waals surface area contributed by atoms with Crippen molar-refractivity contribution in [3.63, 3.8) is 0 Å². The van der Waals surface area contributed by atoms with E-state index in [0.29, 0.717) is 0 Å². The Morgan fingerprint density at radius 2 is 1.00 bits per heavy atom. The van der Waals surface area contributed by atoms with Crippen molar-refractivity contribution in [2.75, 3.05) is 53.4 Å². The average molecular weight is 464 g/mol. The van der Waals surface area contributed by atoms with Crippen LogP contribution in [0.25, 0.3) is 0 Å². The molecule has 2 heterocycles. The molecule has 2 aliphatic rings. The molecule has 0 bridgehead atoms. The summed E-state index contributed by atoms with van der Waals surface area (Å²) in [4.78, 5) is 8.00. The predicted octanol–water partition coefficient (Wildman–Crippen LogP) is 7.31. The molecule has 2 aliphatic heterocycles. The number of hydrogen-bond donors (Lipinski definition) is 0. The van der Waals surface area contributed by atoms with Gasteiger partial charge in [0, 0.05) is 6.04 Å². The Morgan fingerprint density at radius 1 is 0.606 bits per heavy atom. The van der Waals surface area contributed by atoms with Crippen LogP contribution in [0.2, 0.25) is 0 Å². The largest absolute Gasteiger partial charge is 0.306 e. The summed E-state index contributed by atoms with van der Waals surface area (Å²) in [5.74, 6) is 2.82. The smallest absolute Gasteiger partial charge is 0.0129 e. The summed E-state index contributed by atoms with van der Waals surface area (Å²) in [6.07, 6.45) is 21.7. The summed E-state index contributed by atoms with van der Waals surface area (Å²) in [5.41, 5.74) is 0. The first kappa shape index (κ1) is 29.1. The Labute approximate surface area is 209 Å². The number of rotatable bonds is 17. The van der Waals surface area contributed by atoms with Gasteiger partial charge in [-0.25, -0.2) is 0 Å². The number of likely N-dealkylation sites (tertiary alicyclic amines) is 2. The average Bonchev–Trinajstić information content (AvgIpc) is 2.83. The van der Waals surface area contributed by atoms with Gasteiger partial charge in [0.05, 0.1) is 0 Å². The van der Waals surface area contributed by atoms with Crippen molar-refractivity contribution in [2.24, 2.45) is 17.8 Å². The molecule has 0 aromatic rings. The highest BCUT2D eigenvalue weighted by molar-refractivity contribution is 4.92. The molecule has 1 unspecified atom stereocenters. The van der Waals surface area contributed by atoms with E-state index in [2.05, 4.69) is 49.6 Å². The second-order valence-electron chi connectivity index (χ2n) is 11.6. The zero-order valence-electron chi connectivity index (χ0n) is 23.5. The monoisotopic (exact) mass is 463 g/mol. The van der Waals surface area contributed by atoms with E-state index < -0.39 is 0 Å². The highest BCUT2D eigenvalue weighted by atomic mass is 15.2. The van der Waals surface area contributed by atoms with Crippen LogP contribution in [0.15, 0.2) is 0 Å². The van der Waals surface area contributed by atoms with Crippen LogP contribution >= 0.6 is 0 Å². The molecule has 1 atom stereocenters. The van der Waals surface area contributed by atoms with Gasteiger partial charge in [-0.15, -0.1) is 0 Å². The highest BCUT2D eigenvalue weighted by Crippen LogP contribution is 2.40. The molecule has 0 spiro atoms. The van der Waals surface area contributed by atoms with Gasteiger partial charge in [0.15, 0.2) is 0 Å². The molecule has 3 heteroatoms. The van der Waals surface area contributed by atoms with E-state index in [0.717, 1.165) is 23.8 Å². The molecule has 2 saturated heterocycles. The molecule has 0 N–H and O–H groups in total. The van der Waals surface area contributed by atoms with Crippen LogP contribution in [0.4, 0.5) is 0 Å². The highest BCUT2D eigenvalue weighted by Gasteiger charge is 2.39. The van der Waals surface area contributed by atoms with E-state index in [1.54, 1.807) is 0 Å². The van der Waals surface area contributed by atoms with Gasteiger partial charge >= 0.3 is 0 Å². The Hall–Kier alpha value is -0.120.